The quantitative estimate of drug-likeness (QED) is 0.535. The molecule has 7 heteroatoms. The van der Waals surface area contributed by atoms with Crippen LogP contribution in [0, 0.1) is 56.3 Å². The minimum Gasteiger partial charge on any atom is -0.425 e. The predicted molar refractivity (Wildman–Crippen MR) is 117 cm³/mol. The number of carbonyl (C=O) groups excluding carboxylic acids is 2. The van der Waals surface area contributed by atoms with Crippen molar-refractivity contribution < 1.29 is 19.1 Å². The smallest absolute Gasteiger partial charge is 0.341 e. The van der Waals surface area contributed by atoms with Crippen molar-refractivity contribution in [1.29, 1.82) is 10.5 Å². The van der Waals surface area contributed by atoms with Gasteiger partial charge in [0.05, 0.1) is 22.6 Å². The second-order valence-electron chi connectivity index (χ2n) is 7.71. The summed E-state index contributed by atoms with van der Waals surface area (Å²) in [6.45, 7) is 7.21. The number of esters is 2. The van der Waals surface area contributed by atoms with Crippen LogP contribution in [0.2, 0.25) is 0 Å². The van der Waals surface area contributed by atoms with E-state index in [9.17, 15) is 20.1 Å². The Morgan fingerprint density at radius 2 is 1.44 bits per heavy atom. The Morgan fingerprint density at radius 3 is 1.97 bits per heavy atom. The number of rotatable bonds is 4. The predicted octanol–water partition coefficient (Wildman–Crippen LogP) is 4.15. The maximum absolute atomic E-state index is 12.7. The number of nitriles is 2. The minimum absolute atomic E-state index is 0.0283. The van der Waals surface area contributed by atoms with Crippen LogP contribution in [0.25, 0.3) is 0 Å². The largest absolute Gasteiger partial charge is 0.425 e. The molecule has 0 fully saturated rings. The molecule has 0 saturated heterocycles. The third-order valence-electron chi connectivity index (χ3n) is 5.03. The number of hydrogen-bond donors (Lipinski definition) is 0. The highest BCUT2D eigenvalue weighted by Gasteiger charge is 2.28. The lowest BCUT2D eigenvalue weighted by Crippen LogP contribution is -2.27. The molecule has 1 atom stereocenters. The average molecular weight is 427 g/mol. The van der Waals surface area contributed by atoms with Gasteiger partial charge in [-0.15, -0.1) is 0 Å². The fraction of sp³-hybridized carbons (Fsp3) is 0.240. The highest BCUT2D eigenvalue weighted by atomic mass is 16.5. The number of nitrogens with zero attached hydrogens (tertiary/aromatic N) is 3. The van der Waals surface area contributed by atoms with Crippen molar-refractivity contribution in [2.45, 2.75) is 34.1 Å². The summed E-state index contributed by atoms with van der Waals surface area (Å²) in [4.78, 5) is 29.4. The van der Waals surface area contributed by atoms with E-state index in [1.807, 2.05) is 32.0 Å². The maximum atomic E-state index is 12.7. The molecule has 1 aliphatic rings. The summed E-state index contributed by atoms with van der Waals surface area (Å²) in [6, 6.07) is 11.0. The molecule has 0 bridgehead atoms. The first-order valence-electron chi connectivity index (χ1n) is 9.92. The lowest BCUT2D eigenvalue weighted by Gasteiger charge is -2.17. The summed E-state index contributed by atoms with van der Waals surface area (Å²) in [7, 11) is 0. The molecule has 0 radical (unpaired) electrons. The Balaban J connectivity index is 1.75. The van der Waals surface area contributed by atoms with Crippen molar-refractivity contribution >= 4 is 18.2 Å². The molecule has 0 aliphatic carbocycles. The number of aryl methyl sites for hydroxylation is 4. The minimum atomic E-state index is -0.815. The summed E-state index contributed by atoms with van der Waals surface area (Å²) in [6.07, 6.45) is 2.75. The Hall–Kier alpha value is -4.23. The zero-order valence-corrected chi connectivity index (χ0v) is 18.2. The first-order chi connectivity index (χ1) is 15.2. The van der Waals surface area contributed by atoms with Gasteiger partial charge in [0, 0.05) is 12.4 Å². The van der Waals surface area contributed by atoms with Gasteiger partial charge in [0.25, 0.3) is 0 Å². The Morgan fingerprint density at radius 1 is 0.906 bits per heavy atom. The molecule has 7 nitrogen and oxygen atoms in total. The molecule has 3 rings (SSSR count). The molecular formula is C25H21N3O4. The third-order valence-corrected chi connectivity index (χ3v) is 5.03. The first kappa shape index (κ1) is 22.5. The van der Waals surface area contributed by atoms with Gasteiger partial charge in [-0.2, -0.15) is 10.5 Å². The molecule has 0 N–H and O–H groups in total. The van der Waals surface area contributed by atoms with Crippen LogP contribution in [0.3, 0.4) is 0 Å². The summed E-state index contributed by atoms with van der Waals surface area (Å²) in [5.74, 6) is -1.79. The topological polar surface area (TPSA) is 113 Å². The molecule has 2 aromatic rings. The van der Waals surface area contributed by atoms with Crippen molar-refractivity contribution in [3.63, 3.8) is 0 Å². The van der Waals surface area contributed by atoms with Gasteiger partial charge >= 0.3 is 11.9 Å². The average Bonchev–Trinajstić information content (AvgIpc) is 2.73. The summed E-state index contributed by atoms with van der Waals surface area (Å²) in [5.41, 5.74) is 3.85. The van der Waals surface area contributed by atoms with E-state index in [2.05, 4.69) is 11.1 Å². The Kier molecular flexibility index (Phi) is 6.51. The Bertz CT molecular complexity index is 1260. The van der Waals surface area contributed by atoms with Gasteiger partial charge in [-0.05, 0) is 68.5 Å². The van der Waals surface area contributed by atoms with Gasteiger partial charge in [-0.1, -0.05) is 12.1 Å². The second kappa shape index (κ2) is 9.28. The molecule has 1 aliphatic heterocycles. The SMILES string of the molecule is Cc1cc(C)c(C#N)c(OC(=O)C2=CN=CC(C(=O)Oc3cc(C)cc(C)c3C#N)C2)c1. The van der Waals surface area contributed by atoms with Crippen molar-refractivity contribution in [1.82, 2.24) is 0 Å². The summed E-state index contributed by atoms with van der Waals surface area (Å²) in [5, 5.41) is 18.8. The van der Waals surface area contributed by atoms with E-state index in [1.165, 1.54) is 12.4 Å². The fourth-order valence-electron chi connectivity index (χ4n) is 3.51. The highest BCUT2D eigenvalue weighted by Crippen LogP contribution is 2.28. The molecule has 0 aromatic heterocycles. The van der Waals surface area contributed by atoms with E-state index in [1.54, 1.807) is 26.0 Å². The second-order valence-corrected chi connectivity index (χ2v) is 7.71. The number of carbonyl (C=O) groups is 2. The summed E-state index contributed by atoms with van der Waals surface area (Å²) < 4.78 is 10.9. The van der Waals surface area contributed by atoms with Crippen LogP contribution in [0.4, 0.5) is 0 Å². The maximum Gasteiger partial charge on any atom is 0.341 e. The van der Waals surface area contributed by atoms with Crippen LogP contribution >= 0.6 is 0 Å². The molecular weight excluding hydrogens is 406 g/mol. The van der Waals surface area contributed by atoms with Crippen molar-refractivity contribution in [2.75, 3.05) is 0 Å². The van der Waals surface area contributed by atoms with Crippen molar-refractivity contribution in [3.05, 3.63) is 69.4 Å². The van der Waals surface area contributed by atoms with Crippen LogP contribution in [0.5, 0.6) is 11.5 Å². The van der Waals surface area contributed by atoms with E-state index in [-0.39, 0.29) is 34.6 Å². The number of benzene rings is 2. The highest BCUT2D eigenvalue weighted by molar-refractivity contribution is 5.98. The molecule has 0 amide bonds. The van der Waals surface area contributed by atoms with E-state index < -0.39 is 17.9 Å². The molecule has 160 valence electrons. The van der Waals surface area contributed by atoms with Crippen LogP contribution in [-0.2, 0) is 9.59 Å². The fourth-order valence-corrected chi connectivity index (χ4v) is 3.51. The zero-order chi connectivity index (χ0) is 23.4. The molecule has 0 saturated carbocycles. The number of aliphatic imine (C=N–C) groups is 1. The standard InChI is InChI=1S/C25H21N3O4/c1-14-5-16(3)20(10-26)22(7-14)31-24(29)18-9-19(13-28-12-18)25(30)32-23-8-15(2)6-17(4)21(23)11-27/h5-8,12-13,18H,9H2,1-4H3. The van der Waals surface area contributed by atoms with E-state index in [0.29, 0.717) is 11.1 Å². The van der Waals surface area contributed by atoms with E-state index in [0.717, 1.165) is 11.1 Å². The van der Waals surface area contributed by atoms with Gasteiger partial charge in [0.15, 0.2) is 0 Å². The lowest BCUT2D eigenvalue weighted by atomic mass is 9.99. The monoisotopic (exact) mass is 427 g/mol. The molecule has 2 aromatic carbocycles. The van der Waals surface area contributed by atoms with Gasteiger partial charge in [-0.3, -0.25) is 9.79 Å². The van der Waals surface area contributed by atoms with Gasteiger partial charge < -0.3 is 9.47 Å². The molecule has 1 unspecified atom stereocenters. The van der Waals surface area contributed by atoms with Crippen LogP contribution in [0.15, 0.2) is 41.0 Å². The third kappa shape index (κ3) is 4.74. The number of ether oxygens (including phenoxy) is 2. The van der Waals surface area contributed by atoms with Gasteiger partial charge in [-0.25, -0.2) is 4.79 Å². The molecule has 1 heterocycles. The van der Waals surface area contributed by atoms with Crippen molar-refractivity contribution in [3.8, 4) is 23.6 Å². The Labute approximate surface area is 186 Å². The van der Waals surface area contributed by atoms with Crippen LogP contribution < -0.4 is 9.47 Å². The van der Waals surface area contributed by atoms with Gasteiger partial charge in [0.1, 0.15) is 23.6 Å². The van der Waals surface area contributed by atoms with Crippen molar-refractivity contribution in [2.24, 2.45) is 10.9 Å². The normalized spacial score (nSPS) is 14.7. The van der Waals surface area contributed by atoms with Crippen LogP contribution in [-0.4, -0.2) is 18.2 Å². The van der Waals surface area contributed by atoms with E-state index >= 15 is 0 Å². The van der Waals surface area contributed by atoms with E-state index in [4.69, 9.17) is 9.47 Å². The van der Waals surface area contributed by atoms with Gasteiger partial charge in [0.2, 0.25) is 0 Å². The molecule has 32 heavy (non-hydrogen) atoms. The lowest BCUT2D eigenvalue weighted by molar-refractivity contribution is -0.136. The number of hydrogen-bond acceptors (Lipinski definition) is 7. The van der Waals surface area contributed by atoms with Crippen LogP contribution in [0.1, 0.15) is 39.8 Å². The molecule has 0 spiro atoms. The zero-order valence-electron chi connectivity index (χ0n) is 18.2. The first-order valence-corrected chi connectivity index (χ1v) is 9.92. The summed E-state index contributed by atoms with van der Waals surface area (Å²) >= 11 is 0.